The smallest absolute Gasteiger partial charge is 0.271 e. The van der Waals surface area contributed by atoms with Crippen LogP contribution in [-0.2, 0) is 4.79 Å². The van der Waals surface area contributed by atoms with Crippen molar-refractivity contribution in [3.05, 3.63) is 17.5 Å². The zero-order valence-electron chi connectivity index (χ0n) is 14.2. The Morgan fingerprint density at radius 3 is 2.71 bits per heavy atom. The number of thioether (sulfide) groups is 1. The van der Waals surface area contributed by atoms with Crippen molar-refractivity contribution in [2.75, 3.05) is 5.84 Å². The molecule has 8 nitrogen and oxygen atoms in total. The van der Waals surface area contributed by atoms with Crippen molar-refractivity contribution in [1.82, 2.24) is 30.0 Å². The van der Waals surface area contributed by atoms with Crippen LogP contribution in [0.5, 0.6) is 0 Å². The number of nitrogens with zero attached hydrogens (tertiary/aromatic N) is 5. The topological polar surface area (TPSA) is 104 Å². The lowest BCUT2D eigenvalue weighted by Gasteiger charge is -2.15. The Kier molecular flexibility index (Phi) is 4.79. The number of hydrogen-bond donors (Lipinski definition) is 2. The first-order valence-corrected chi connectivity index (χ1v) is 9.05. The molecule has 1 unspecified atom stereocenters. The Balaban J connectivity index is 1.69. The van der Waals surface area contributed by atoms with Crippen LogP contribution < -0.4 is 11.2 Å². The third kappa shape index (κ3) is 3.40. The van der Waals surface area contributed by atoms with Gasteiger partial charge in [-0.25, -0.2) is 9.36 Å². The zero-order valence-corrected chi connectivity index (χ0v) is 15.0. The molecule has 1 amide bonds. The van der Waals surface area contributed by atoms with E-state index in [1.807, 2.05) is 26.8 Å². The molecule has 1 aliphatic rings. The molecule has 1 atom stereocenters. The van der Waals surface area contributed by atoms with Gasteiger partial charge in [0.25, 0.3) is 5.95 Å². The number of hydrogen-bond acceptors (Lipinski definition) is 6. The fourth-order valence-electron chi connectivity index (χ4n) is 2.93. The van der Waals surface area contributed by atoms with Crippen molar-refractivity contribution in [2.45, 2.75) is 62.9 Å². The molecule has 1 fully saturated rings. The van der Waals surface area contributed by atoms with Crippen molar-refractivity contribution in [2.24, 2.45) is 0 Å². The van der Waals surface area contributed by atoms with E-state index in [0.29, 0.717) is 17.1 Å². The van der Waals surface area contributed by atoms with Crippen LogP contribution in [0.4, 0.5) is 0 Å². The number of amides is 1. The number of nitrogens with two attached hydrogens (primary N) is 1. The molecular weight excluding hydrogens is 326 g/mol. The minimum absolute atomic E-state index is 0.0163. The van der Waals surface area contributed by atoms with Gasteiger partial charge in [0.1, 0.15) is 0 Å². The molecule has 0 aliphatic heterocycles. The van der Waals surface area contributed by atoms with E-state index in [2.05, 4.69) is 20.6 Å². The maximum absolute atomic E-state index is 12.3. The van der Waals surface area contributed by atoms with E-state index in [9.17, 15) is 4.79 Å². The van der Waals surface area contributed by atoms with Gasteiger partial charge in [-0.3, -0.25) is 4.79 Å². The van der Waals surface area contributed by atoms with Gasteiger partial charge in [-0.1, -0.05) is 24.6 Å². The minimum atomic E-state index is -0.287. The van der Waals surface area contributed by atoms with E-state index in [1.165, 1.54) is 29.3 Å². The summed E-state index contributed by atoms with van der Waals surface area (Å²) < 4.78 is 3.03. The molecular formula is C15H23N7OS. The molecule has 3 rings (SSSR count). The molecule has 130 valence electrons. The molecule has 9 heteroatoms. The van der Waals surface area contributed by atoms with Crippen LogP contribution in [-0.4, -0.2) is 41.9 Å². The van der Waals surface area contributed by atoms with E-state index >= 15 is 0 Å². The summed E-state index contributed by atoms with van der Waals surface area (Å²) in [7, 11) is 0. The summed E-state index contributed by atoms with van der Waals surface area (Å²) in [6.45, 7) is 5.69. The molecule has 2 aromatic heterocycles. The molecule has 1 aliphatic carbocycles. The molecule has 2 aromatic rings. The highest BCUT2D eigenvalue weighted by Crippen LogP contribution is 2.24. The lowest BCUT2D eigenvalue weighted by molar-refractivity contribution is -0.120. The Morgan fingerprint density at radius 1 is 1.38 bits per heavy atom. The highest BCUT2D eigenvalue weighted by molar-refractivity contribution is 8.00. The molecule has 3 N–H and O–H groups in total. The lowest BCUT2D eigenvalue weighted by Crippen LogP contribution is -2.37. The molecule has 0 saturated heterocycles. The average molecular weight is 349 g/mol. The molecule has 0 bridgehead atoms. The summed E-state index contributed by atoms with van der Waals surface area (Å²) in [5.74, 6) is 6.56. The van der Waals surface area contributed by atoms with Crippen LogP contribution in [0.3, 0.4) is 0 Å². The van der Waals surface area contributed by atoms with Crippen LogP contribution in [0.15, 0.2) is 11.2 Å². The van der Waals surface area contributed by atoms with Crippen LogP contribution in [0.1, 0.15) is 44.0 Å². The number of carbonyl (C=O) groups excluding carboxylic acids is 1. The molecule has 0 spiro atoms. The van der Waals surface area contributed by atoms with Gasteiger partial charge in [0, 0.05) is 11.7 Å². The van der Waals surface area contributed by atoms with Crippen molar-refractivity contribution in [3.8, 4) is 5.95 Å². The van der Waals surface area contributed by atoms with Gasteiger partial charge in [0.15, 0.2) is 0 Å². The Hall–Kier alpha value is -2.03. The zero-order chi connectivity index (χ0) is 17.3. The third-order valence-corrected chi connectivity index (χ3v) is 5.26. The monoisotopic (exact) mass is 349 g/mol. The molecule has 24 heavy (non-hydrogen) atoms. The number of rotatable bonds is 5. The SMILES string of the molecule is Cc1cc(C)n(-c2nnc(SC(C)C(=O)NC3CCCC3)n2N)n1. The van der Waals surface area contributed by atoms with Crippen LogP contribution in [0.25, 0.3) is 5.95 Å². The summed E-state index contributed by atoms with van der Waals surface area (Å²) in [5, 5.41) is 15.9. The van der Waals surface area contributed by atoms with Gasteiger partial charge >= 0.3 is 0 Å². The highest BCUT2D eigenvalue weighted by Gasteiger charge is 2.24. The summed E-state index contributed by atoms with van der Waals surface area (Å²) in [6, 6.07) is 2.25. The first-order chi connectivity index (χ1) is 11.5. The fraction of sp³-hybridized carbons (Fsp3) is 0.600. The van der Waals surface area contributed by atoms with E-state index in [-0.39, 0.29) is 11.2 Å². The summed E-state index contributed by atoms with van der Waals surface area (Å²) >= 11 is 1.30. The second-order valence-electron chi connectivity index (χ2n) is 6.24. The molecule has 1 saturated carbocycles. The van der Waals surface area contributed by atoms with Gasteiger partial charge in [0.05, 0.1) is 10.9 Å². The summed E-state index contributed by atoms with van der Waals surface area (Å²) in [4.78, 5) is 12.3. The summed E-state index contributed by atoms with van der Waals surface area (Å²) in [5.41, 5.74) is 1.81. The van der Waals surface area contributed by atoms with E-state index in [4.69, 9.17) is 5.84 Å². The maximum atomic E-state index is 12.3. The molecule has 2 heterocycles. The largest absolute Gasteiger partial charge is 0.352 e. The average Bonchev–Trinajstić information content (AvgIpc) is 3.23. The molecule has 0 aromatic carbocycles. The second kappa shape index (κ2) is 6.84. The predicted molar refractivity (Wildman–Crippen MR) is 92.5 cm³/mol. The maximum Gasteiger partial charge on any atom is 0.271 e. The third-order valence-electron chi connectivity index (χ3n) is 4.20. The van der Waals surface area contributed by atoms with E-state index < -0.39 is 0 Å². The van der Waals surface area contributed by atoms with Crippen molar-refractivity contribution in [1.29, 1.82) is 0 Å². The second-order valence-corrected chi connectivity index (χ2v) is 7.55. The van der Waals surface area contributed by atoms with Crippen molar-refractivity contribution in [3.63, 3.8) is 0 Å². The Morgan fingerprint density at radius 2 is 2.08 bits per heavy atom. The van der Waals surface area contributed by atoms with Gasteiger partial charge in [-0.2, -0.15) is 5.10 Å². The van der Waals surface area contributed by atoms with Gasteiger partial charge in [0.2, 0.25) is 11.1 Å². The number of nitrogen functional groups attached to an aromatic ring is 1. The van der Waals surface area contributed by atoms with Crippen LogP contribution >= 0.6 is 11.8 Å². The fourth-order valence-corrected chi connectivity index (χ4v) is 3.70. The van der Waals surface area contributed by atoms with Gasteiger partial charge < -0.3 is 11.2 Å². The van der Waals surface area contributed by atoms with Gasteiger partial charge in [-0.15, -0.1) is 10.2 Å². The quantitative estimate of drug-likeness (QED) is 0.623. The number of aryl methyl sites for hydroxylation is 2. The predicted octanol–water partition coefficient (Wildman–Crippen LogP) is 1.33. The van der Waals surface area contributed by atoms with Crippen LogP contribution in [0.2, 0.25) is 0 Å². The minimum Gasteiger partial charge on any atom is -0.352 e. The highest BCUT2D eigenvalue weighted by atomic mass is 32.2. The first kappa shape index (κ1) is 16.8. The normalized spacial score (nSPS) is 16.5. The molecule has 0 radical (unpaired) electrons. The summed E-state index contributed by atoms with van der Waals surface area (Å²) in [6.07, 6.45) is 4.52. The Bertz CT molecular complexity index is 732. The van der Waals surface area contributed by atoms with Gasteiger partial charge in [-0.05, 0) is 39.7 Å². The van der Waals surface area contributed by atoms with Crippen molar-refractivity contribution >= 4 is 17.7 Å². The van der Waals surface area contributed by atoms with Crippen LogP contribution in [0, 0.1) is 13.8 Å². The van der Waals surface area contributed by atoms with E-state index in [0.717, 1.165) is 24.2 Å². The number of nitrogens with one attached hydrogen (secondary N) is 1. The van der Waals surface area contributed by atoms with E-state index in [1.54, 1.807) is 4.68 Å². The standard InChI is InChI=1S/C15H23N7OS/c1-9-8-10(2)22(20-9)14-18-19-15(21(14)16)24-11(3)13(23)17-12-6-4-5-7-12/h8,11-12H,4-7,16H2,1-3H3,(H,17,23). The van der Waals surface area contributed by atoms with Crippen molar-refractivity contribution < 1.29 is 4.79 Å². The first-order valence-electron chi connectivity index (χ1n) is 8.17. The number of carbonyl (C=O) groups is 1. The lowest BCUT2D eigenvalue weighted by atomic mass is 10.2. The Labute approximate surface area is 145 Å². The number of aromatic nitrogens is 5.